The van der Waals surface area contributed by atoms with Crippen molar-refractivity contribution in [1.29, 1.82) is 0 Å². The average Bonchev–Trinajstić information content (AvgIpc) is 3.32. The smallest absolute Gasteiger partial charge is 0.305 e. The first kappa shape index (κ1) is 64.3. The maximum Gasteiger partial charge on any atom is 0.305 e. The third kappa shape index (κ3) is 51.7. The van der Waals surface area contributed by atoms with Crippen LogP contribution in [-0.2, 0) is 14.3 Å². The van der Waals surface area contributed by atoms with Crippen LogP contribution in [0, 0.1) is 0 Å². The molecule has 0 bridgehead atoms. The van der Waals surface area contributed by atoms with Crippen LogP contribution in [0.2, 0.25) is 0 Å². The largest absolute Gasteiger partial charge is 0.466 e. The molecule has 0 radical (unpaired) electrons. The highest BCUT2D eigenvalue weighted by Gasteiger charge is 2.20. The van der Waals surface area contributed by atoms with Crippen molar-refractivity contribution >= 4 is 11.9 Å². The molecule has 0 aromatic rings. The molecule has 2 atom stereocenters. The zero-order valence-electron chi connectivity index (χ0n) is 44.4. The van der Waals surface area contributed by atoms with Crippen molar-refractivity contribution in [1.82, 2.24) is 5.32 Å². The van der Waals surface area contributed by atoms with Crippen LogP contribution in [0.15, 0.2) is 24.3 Å². The monoisotopic (exact) mass is 930 g/mol. The highest BCUT2D eigenvalue weighted by atomic mass is 16.5. The highest BCUT2D eigenvalue weighted by molar-refractivity contribution is 5.76. The summed E-state index contributed by atoms with van der Waals surface area (Å²) in [6, 6.07) is -0.548. The fourth-order valence-corrected chi connectivity index (χ4v) is 9.20. The minimum atomic E-state index is -0.669. The molecule has 0 spiro atoms. The lowest BCUT2D eigenvalue weighted by Gasteiger charge is -2.22. The average molecular weight is 931 g/mol. The molecule has 3 N–H and O–H groups in total. The van der Waals surface area contributed by atoms with E-state index in [1.807, 2.05) is 0 Å². The van der Waals surface area contributed by atoms with Crippen molar-refractivity contribution in [2.75, 3.05) is 13.2 Å². The van der Waals surface area contributed by atoms with E-state index in [0.717, 1.165) is 51.4 Å². The Morgan fingerprint density at radius 3 is 1.15 bits per heavy atom. The second-order valence-electron chi connectivity index (χ2n) is 20.3. The topological polar surface area (TPSA) is 95.9 Å². The molecule has 0 fully saturated rings. The molecule has 6 nitrogen and oxygen atoms in total. The van der Waals surface area contributed by atoms with E-state index in [1.165, 1.54) is 238 Å². The Morgan fingerprint density at radius 1 is 0.424 bits per heavy atom. The predicted molar refractivity (Wildman–Crippen MR) is 287 cm³/mol. The zero-order chi connectivity index (χ0) is 47.9. The Morgan fingerprint density at radius 2 is 0.758 bits per heavy atom. The highest BCUT2D eigenvalue weighted by Crippen LogP contribution is 2.17. The molecule has 0 aliphatic heterocycles. The maximum absolute atomic E-state index is 12.4. The van der Waals surface area contributed by atoms with E-state index in [9.17, 15) is 19.8 Å². The van der Waals surface area contributed by atoms with Crippen LogP contribution in [0.25, 0.3) is 0 Å². The number of amides is 1. The Balaban J connectivity index is 3.43. The lowest BCUT2D eigenvalue weighted by Crippen LogP contribution is -2.45. The van der Waals surface area contributed by atoms with Crippen LogP contribution in [0.1, 0.15) is 322 Å². The van der Waals surface area contributed by atoms with Gasteiger partial charge in [0.05, 0.1) is 25.4 Å². The molecule has 0 aromatic carbocycles. The summed E-state index contributed by atoms with van der Waals surface area (Å²) in [6.07, 6.45) is 67.5. The van der Waals surface area contributed by atoms with E-state index in [0.29, 0.717) is 25.9 Å². The summed E-state index contributed by atoms with van der Waals surface area (Å²) in [5.74, 6) is -0.0358. The Hall–Kier alpha value is -1.66. The standard InChI is InChI=1S/C60H115NO5/c1-3-5-7-9-11-13-15-17-30-34-38-42-46-50-54-60(65)66-55-51-47-43-39-35-31-28-26-24-22-20-18-19-21-23-25-27-29-33-37-41-45-49-53-59(64)61-57(56-62)58(63)52-48-44-40-36-32-16-14-12-10-8-6-4-2/h18,20-21,23,57-58,62-63H,3-17,19,22,24-56H2,1-2H3,(H,61,64)/b20-18-,23-21-. The number of carbonyl (C=O) groups is 2. The van der Waals surface area contributed by atoms with E-state index in [2.05, 4.69) is 43.5 Å². The molecule has 2 unspecified atom stereocenters. The quantitative estimate of drug-likeness (QED) is 0.0321. The number of aliphatic hydroxyl groups excluding tert-OH is 2. The number of hydrogen-bond donors (Lipinski definition) is 3. The van der Waals surface area contributed by atoms with Crippen molar-refractivity contribution in [2.24, 2.45) is 0 Å². The minimum Gasteiger partial charge on any atom is -0.466 e. The van der Waals surface area contributed by atoms with E-state index in [1.54, 1.807) is 0 Å². The molecule has 0 heterocycles. The molecule has 1 amide bonds. The maximum atomic E-state index is 12.4. The number of aliphatic hydroxyl groups is 2. The van der Waals surface area contributed by atoms with E-state index < -0.39 is 12.1 Å². The molecule has 0 aliphatic carbocycles. The first-order chi connectivity index (χ1) is 32.5. The SMILES string of the molecule is CCCCCCCCCCCCCCCCC(=O)OCCCCCCCCCCC/C=C\C/C=C\CCCCCCCCCC(=O)NC(CO)C(O)CCCCCCCCCCCCCC. The number of rotatable bonds is 55. The molecular formula is C60H115NO5. The van der Waals surface area contributed by atoms with Crippen LogP contribution >= 0.6 is 0 Å². The second kappa shape index (κ2) is 55.9. The Bertz CT molecular complexity index is 1030. The molecule has 0 saturated heterocycles. The number of allylic oxidation sites excluding steroid dienone is 4. The van der Waals surface area contributed by atoms with Gasteiger partial charge in [0.25, 0.3) is 0 Å². The van der Waals surface area contributed by atoms with Crippen molar-refractivity contribution in [2.45, 2.75) is 334 Å². The van der Waals surface area contributed by atoms with Crippen LogP contribution in [0.5, 0.6) is 0 Å². The second-order valence-corrected chi connectivity index (χ2v) is 20.3. The van der Waals surface area contributed by atoms with E-state index >= 15 is 0 Å². The molecule has 0 aromatic heterocycles. The first-order valence-electron chi connectivity index (χ1n) is 29.6. The summed E-state index contributed by atoms with van der Waals surface area (Å²) in [5.41, 5.74) is 0. The number of nitrogens with one attached hydrogen (secondary N) is 1. The van der Waals surface area contributed by atoms with E-state index in [4.69, 9.17) is 4.74 Å². The van der Waals surface area contributed by atoms with Gasteiger partial charge < -0.3 is 20.3 Å². The Kier molecular flexibility index (Phi) is 54.5. The number of ether oxygens (including phenoxy) is 1. The summed E-state index contributed by atoms with van der Waals surface area (Å²) < 4.78 is 5.48. The van der Waals surface area contributed by atoms with E-state index in [-0.39, 0.29) is 18.5 Å². The summed E-state index contributed by atoms with van der Waals surface area (Å²) in [6.45, 7) is 4.95. The van der Waals surface area contributed by atoms with Gasteiger partial charge in [-0.15, -0.1) is 0 Å². The van der Waals surface area contributed by atoms with Crippen molar-refractivity contribution < 1.29 is 24.5 Å². The van der Waals surface area contributed by atoms with Gasteiger partial charge >= 0.3 is 5.97 Å². The fraction of sp³-hybridized carbons (Fsp3) is 0.900. The van der Waals surface area contributed by atoms with Crippen LogP contribution in [0.4, 0.5) is 0 Å². The molecule has 390 valence electrons. The zero-order valence-corrected chi connectivity index (χ0v) is 44.4. The molecule has 0 rings (SSSR count). The summed E-state index contributed by atoms with van der Waals surface area (Å²) >= 11 is 0. The van der Waals surface area contributed by atoms with Crippen molar-refractivity contribution in [3.05, 3.63) is 24.3 Å². The molecule has 0 saturated carbocycles. The van der Waals surface area contributed by atoms with Gasteiger partial charge in [-0.05, 0) is 57.8 Å². The summed E-state index contributed by atoms with van der Waals surface area (Å²) in [4.78, 5) is 24.5. The van der Waals surface area contributed by atoms with Crippen molar-refractivity contribution in [3.8, 4) is 0 Å². The molecule has 0 aliphatic rings. The third-order valence-corrected chi connectivity index (χ3v) is 13.8. The number of hydrogen-bond acceptors (Lipinski definition) is 5. The number of esters is 1. The minimum absolute atomic E-state index is 0.00943. The van der Waals surface area contributed by atoms with Gasteiger partial charge in [0, 0.05) is 12.8 Å². The van der Waals surface area contributed by atoms with Crippen LogP contribution < -0.4 is 5.32 Å². The van der Waals surface area contributed by atoms with Gasteiger partial charge in [0.15, 0.2) is 0 Å². The van der Waals surface area contributed by atoms with Gasteiger partial charge in [0.2, 0.25) is 5.91 Å². The lowest BCUT2D eigenvalue weighted by molar-refractivity contribution is -0.143. The van der Waals surface area contributed by atoms with Gasteiger partial charge in [-0.3, -0.25) is 9.59 Å². The van der Waals surface area contributed by atoms with Crippen LogP contribution in [-0.4, -0.2) is 47.4 Å². The number of carbonyl (C=O) groups excluding carboxylic acids is 2. The van der Waals surface area contributed by atoms with Gasteiger partial charge in [-0.25, -0.2) is 0 Å². The third-order valence-electron chi connectivity index (χ3n) is 13.8. The fourth-order valence-electron chi connectivity index (χ4n) is 9.20. The molecular weight excluding hydrogens is 815 g/mol. The lowest BCUT2D eigenvalue weighted by atomic mass is 10.0. The normalized spacial score (nSPS) is 12.7. The van der Waals surface area contributed by atoms with Gasteiger partial charge in [-0.2, -0.15) is 0 Å². The summed E-state index contributed by atoms with van der Waals surface area (Å²) in [7, 11) is 0. The predicted octanol–water partition coefficient (Wildman–Crippen LogP) is 18.2. The molecule has 66 heavy (non-hydrogen) atoms. The Labute approximate surface area is 411 Å². The van der Waals surface area contributed by atoms with Gasteiger partial charge in [0.1, 0.15) is 0 Å². The number of unbranched alkanes of at least 4 members (excludes halogenated alkanes) is 40. The van der Waals surface area contributed by atoms with Crippen molar-refractivity contribution in [3.63, 3.8) is 0 Å². The molecule has 6 heteroatoms. The summed E-state index contributed by atoms with van der Waals surface area (Å²) in [5, 5.41) is 23.2. The first-order valence-corrected chi connectivity index (χ1v) is 29.6. The van der Waals surface area contributed by atoms with Gasteiger partial charge in [-0.1, -0.05) is 276 Å². The van der Waals surface area contributed by atoms with Crippen LogP contribution in [0.3, 0.4) is 0 Å².